The van der Waals surface area contributed by atoms with Crippen LogP contribution in [0.3, 0.4) is 0 Å². The van der Waals surface area contributed by atoms with Crippen LogP contribution in [0, 0.1) is 13.8 Å². The van der Waals surface area contributed by atoms with Gasteiger partial charge in [-0.1, -0.05) is 11.6 Å². The lowest BCUT2D eigenvalue weighted by atomic mass is 9.90. The fraction of sp³-hybridized carbons (Fsp3) is 0.600. The molecule has 0 bridgehead atoms. The summed E-state index contributed by atoms with van der Waals surface area (Å²) in [7, 11) is 1.65. The lowest BCUT2D eigenvalue weighted by molar-refractivity contribution is -0.0901. The van der Waals surface area contributed by atoms with Crippen molar-refractivity contribution in [1.82, 2.24) is 0 Å². The zero-order valence-electron chi connectivity index (χ0n) is 12.0. The number of hydrogen-bond acceptors (Lipinski definition) is 3. The third-order valence-corrected chi connectivity index (χ3v) is 4.12. The molecule has 3 unspecified atom stereocenters. The summed E-state index contributed by atoms with van der Waals surface area (Å²) in [4.78, 5) is 0. The van der Waals surface area contributed by atoms with Crippen LogP contribution in [-0.2, 0) is 9.47 Å². The van der Waals surface area contributed by atoms with Gasteiger partial charge in [-0.05, 0) is 37.1 Å². The zero-order valence-corrected chi connectivity index (χ0v) is 13.5. The highest BCUT2D eigenvalue weighted by atomic mass is 35.5. The molecule has 0 spiro atoms. The molecule has 1 aliphatic carbocycles. The quantitative estimate of drug-likeness (QED) is 0.590. The monoisotopic (exact) mass is 318 g/mol. The first-order chi connectivity index (χ1) is 9.52. The summed E-state index contributed by atoms with van der Waals surface area (Å²) in [5.41, 5.74) is 2.06. The zero-order chi connectivity index (χ0) is 14.7. The Morgan fingerprint density at radius 2 is 1.85 bits per heavy atom. The first kappa shape index (κ1) is 15.9. The maximum Gasteiger partial charge on any atom is 0.128 e. The molecule has 0 amide bonds. The van der Waals surface area contributed by atoms with E-state index in [4.69, 9.17) is 37.4 Å². The van der Waals surface area contributed by atoms with Gasteiger partial charge in [-0.2, -0.15) is 0 Å². The topological polar surface area (TPSA) is 27.7 Å². The lowest BCUT2D eigenvalue weighted by Gasteiger charge is -2.41. The Hall–Kier alpha value is -0.480. The Kier molecular flexibility index (Phi) is 5.56. The summed E-state index contributed by atoms with van der Waals surface area (Å²) in [6.07, 6.45) is 0.704. The van der Waals surface area contributed by atoms with Crippen molar-refractivity contribution in [2.75, 3.05) is 20.3 Å². The summed E-state index contributed by atoms with van der Waals surface area (Å²) in [5.74, 6) is 0.878. The van der Waals surface area contributed by atoms with Crippen molar-refractivity contribution >= 4 is 23.2 Å². The van der Waals surface area contributed by atoms with E-state index in [1.54, 1.807) is 7.11 Å². The molecule has 1 saturated carbocycles. The Bertz CT molecular complexity index is 441. The minimum absolute atomic E-state index is 0.00442. The molecule has 5 heteroatoms. The summed E-state index contributed by atoms with van der Waals surface area (Å²) >= 11 is 12.2. The largest absolute Gasteiger partial charge is 0.487 e. The van der Waals surface area contributed by atoms with Crippen LogP contribution < -0.4 is 4.74 Å². The standard InChI is InChI=1S/C15H20Cl2O3/c1-9-6-11(16)7-10(2)14(9)20-13-8-12(17)15(13)19-5-4-18-3/h6-7,12-13,15H,4-5,8H2,1-3H3. The maximum atomic E-state index is 6.19. The molecular formula is C15H20Cl2O3. The van der Waals surface area contributed by atoms with Crippen molar-refractivity contribution < 1.29 is 14.2 Å². The second-order valence-electron chi connectivity index (χ2n) is 5.10. The summed E-state index contributed by atoms with van der Waals surface area (Å²) in [5, 5.41) is 0.730. The summed E-state index contributed by atoms with van der Waals surface area (Å²) in [6, 6.07) is 3.81. The normalized spacial score (nSPS) is 25.4. The van der Waals surface area contributed by atoms with Crippen LogP contribution in [0.1, 0.15) is 17.5 Å². The van der Waals surface area contributed by atoms with Crippen molar-refractivity contribution in [3.63, 3.8) is 0 Å². The molecule has 0 saturated heterocycles. The van der Waals surface area contributed by atoms with Crippen LogP contribution in [-0.4, -0.2) is 37.9 Å². The molecule has 112 valence electrons. The van der Waals surface area contributed by atoms with E-state index in [2.05, 4.69) is 0 Å². The Balaban J connectivity index is 1.99. The number of hydrogen-bond donors (Lipinski definition) is 0. The van der Waals surface area contributed by atoms with E-state index in [-0.39, 0.29) is 17.6 Å². The molecule has 0 aromatic heterocycles. The van der Waals surface area contributed by atoms with Gasteiger partial charge in [-0.15, -0.1) is 11.6 Å². The van der Waals surface area contributed by atoms with Gasteiger partial charge in [0.15, 0.2) is 0 Å². The van der Waals surface area contributed by atoms with Crippen molar-refractivity contribution in [1.29, 1.82) is 0 Å². The van der Waals surface area contributed by atoms with Gasteiger partial charge in [0.1, 0.15) is 18.0 Å². The Morgan fingerprint density at radius 3 is 2.40 bits per heavy atom. The van der Waals surface area contributed by atoms with Crippen LogP contribution in [0.25, 0.3) is 0 Å². The smallest absolute Gasteiger partial charge is 0.128 e. The van der Waals surface area contributed by atoms with Gasteiger partial charge in [0, 0.05) is 18.6 Å². The number of halogens is 2. The van der Waals surface area contributed by atoms with Crippen LogP contribution in [0.15, 0.2) is 12.1 Å². The predicted octanol–water partition coefficient (Wildman–Crippen LogP) is 3.75. The minimum Gasteiger partial charge on any atom is -0.487 e. The van der Waals surface area contributed by atoms with Crippen LogP contribution >= 0.6 is 23.2 Å². The fourth-order valence-electron chi connectivity index (χ4n) is 2.36. The molecule has 1 aromatic carbocycles. The second-order valence-corrected chi connectivity index (χ2v) is 6.10. The van der Waals surface area contributed by atoms with Crippen molar-refractivity contribution in [3.05, 3.63) is 28.3 Å². The van der Waals surface area contributed by atoms with Crippen LogP contribution in [0.4, 0.5) is 0 Å². The molecule has 1 aliphatic rings. The van der Waals surface area contributed by atoms with Crippen molar-refractivity contribution in [3.8, 4) is 5.75 Å². The molecule has 20 heavy (non-hydrogen) atoms. The van der Waals surface area contributed by atoms with E-state index < -0.39 is 0 Å². The average Bonchev–Trinajstić information content (AvgIpc) is 2.37. The first-order valence-corrected chi connectivity index (χ1v) is 7.52. The average molecular weight is 319 g/mol. The number of ether oxygens (including phenoxy) is 3. The first-order valence-electron chi connectivity index (χ1n) is 6.71. The number of benzene rings is 1. The van der Waals surface area contributed by atoms with Crippen LogP contribution in [0.2, 0.25) is 5.02 Å². The number of rotatable bonds is 6. The van der Waals surface area contributed by atoms with Gasteiger partial charge >= 0.3 is 0 Å². The van der Waals surface area contributed by atoms with Crippen molar-refractivity contribution in [2.24, 2.45) is 0 Å². The van der Waals surface area contributed by atoms with Gasteiger partial charge in [0.2, 0.25) is 0 Å². The van der Waals surface area contributed by atoms with E-state index in [0.717, 1.165) is 28.3 Å². The van der Waals surface area contributed by atoms with E-state index in [1.165, 1.54) is 0 Å². The van der Waals surface area contributed by atoms with E-state index in [1.807, 2.05) is 26.0 Å². The molecule has 3 atom stereocenters. The maximum absolute atomic E-state index is 6.19. The highest BCUT2D eigenvalue weighted by molar-refractivity contribution is 6.30. The van der Waals surface area contributed by atoms with Gasteiger partial charge in [0.05, 0.1) is 18.6 Å². The number of methoxy groups -OCH3 is 1. The molecule has 1 fully saturated rings. The van der Waals surface area contributed by atoms with Crippen LogP contribution in [0.5, 0.6) is 5.75 Å². The molecule has 0 aliphatic heterocycles. The Labute approximate surface area is 130 Å². The third kappa shape index (κ3) is 3.59. The summed E-state index contributed by atoms with van der Waals surface area (Å²) < 4.78 is 16.8. The van der Waals surface area contributed by atoms with E-state index >= 15 is 0 Å². The van der Waals surface area contributed by atoms with E-state index in [0.29, 0.717) is 13.2 Å². The second kappa shape index (κ2) is 6.99. The molecule has 3 nitrogen and oxygen atoms in total. The van der Waals surface area contributed by atoms with E-state index in [9.17, 15) is 0 Å². The lowest BCUT2D eigenvalue weighted by Crippen LogP contribution is -2.53. The molecule has 0 radical (unpaired) electrons. The van der Waals surface area contributed by atoms with Gasteiger partial charge in [-0.3, -0.25) is 0 Å². The predicted molar refractivity (Wildman–Crippen MR) is 81.2 cm³/mol. The molecule has 0 N–H and O–H groups in total. The molecule has 1 aromatic rings. The molecule has 2 rings (SSSR count). The number of alkyl halides is 1. The Morgan fingerprint density at radius 1 is 1.20 bits per heavy atom. The fourth-order valence-corrected chi connectivity index (χ4v) is 3.09. The SMILES string of the molecule is COCCOC1C(Cl)CC1Oc1c(C)cc(Cl)cc1C. The minimum atomic E-state index is -0.0821. The molecular weight excluding hydrogens is 299 g/mol. The highest BCUT2D eigenvalue weighted by Crippen LogP contribution is 2.36. The van der Waals surface area contributed by atoms with Gasteiger partial charge in [0.25, 0.3) is 0 Å². The summed E-state index contributed by atoms with van der Waals surface area (Å²) in [6.45, 7) is 5.08. The van der Waals surface area contributed by atoms with Gasteiger partial charge < -0.3 is 14.2 Å². The number of aryl methyl sites for hydroxylation is 2. The molecule has 0 heterocycles. The van der Waals surface area contributed by atoms with Crippen molar-refractivity contribution in [2.45, 2.75) is 37.9 Å². The highest BCUT2D eigenvalue weighted by Gasteiger charge is 2.43. The third-order valence-electron chi connectivity index (χ3n) is 3.47. The van der Waals surface area contributed by atoms with Gasteiger partial charge in [-0.25, -0.2) is 0 Å².